The zero-order valence-electron chi connectivity index (χ0n) is 14.4. The highest BCUT2D eigenvalue weighted by Gasteiger charge is 2.15. The van der Waals surface area contributed by atoms with Crippen LogP contribution in [0.4, 0.5) is 0 Å². The van der Waals surface area contributed by atoms with Gasteiger partial charge in [-0.1, -0.05) is 17.3 Å². The molecule has 2 heterocycles. The molecule has 4 rings (SSSR count). The van der Waals surface area contributed by atoms with Crippen molar-refractivity contribution in [3.63, 3.8) is 0 Å². The van der Waals surface area contributed by atoms with Gasteiger partial charge in [0.2, 0.25) is 5.82 Å². The number of aromatic nitrogens is 3. The quantitative estimate of drug-likeness (QED) is 0.530. The van der Waals surface area contributed by atoms with Crippen LogP contribution in [0.3, 0.4) is 0 Å². The van der Waals surface area contributed by atoms with E-state index < -0.39 is 0 Å². The minimum absolute atomic E-state index is 0.420. The third-order valence-corrected chi connectivity index (χ3v) is 4.30. The van der Waals surface area contributed by atoms with Crippen LogP contribution in [0.2, 0.25) is 0 Å². The van der Waals surface area contributed by atoms with E-state index in [4.69, 9.17) is 9.26 Å². The van der Waals surface area contributed by atoms with Crippen molar-refractivity contribution < 1.29 is 9.26 Å². The van der Waals surface area contributed by atoms with Gasteiger partial charge in [0.1, 0.15) is 5.75 Å². The highest BCUT2D eigenvalue weighted by molar-refractivity contribution is 5.84. The second kappa shape index (κ2) is 6.09. The molecular formula is C20H19N3O2. The van der Waals surface area contributed by atoms with E-state index in [-0.39, 0.29) is 0 Å². The summed E-state index contributed by atoms with van der Waals surface area (Å²) in [6, 6.07) is 16.3. The third kappa shape index (κ3) is 2.67. The van der Waals surface area contributed by atoms with E-state index in [9.17, 15) is 0 Å². The maximum atomic E-state index is 5.48. The van der Waals surface area contributed by atoms with E-state index in [1.807, 2.05) is 30.3 Å². The summed E-state index contributed by atoms with van der Waals surface area (Å²) in [6.07, 6.45) is 2.10. The van der Waals surface area contributed by atoms with Crippen LogP contribution in [-0.4, -0.2) is 21.8 Å². The first kappa shape index (κ1) is 15.4. The van der Waals surface area contributed by atoms with Crippen LogP contribution in [0.1, 0.15) is 19.9 Å². The summed E-state index contributed by atoms with van der Waals surface area (Å²) in [5.41, 5.74) is 2.91. The number of methoxy groups -OCH3 is 1. The van der Waals surface area contributed by atoms with Crippen molar-refractivity contribution >= 4 is 10.9 Å². The Morgan fingerprint density at radius 3 is 2.72 bits per heavy atom. The molecule has 0 fully saturated rings. The number of hydrogen-bond donors (Lipinski definition) is 0. The second-order valence-electron chi connectivity index (χ2n) is 6.21. The van der Waals surface area contributed by atoms with E-state index >= 15 is 0 Å². The van der Waals surface area contributed by atoms with Crippen molar-refractivity contribution in [1.29, 1.82) is 0 Å². The van der Waals surface area contributed by atoms with Gasteiger partial charge in [-0.15, -0.1) is 0 Å². The van der Waals surface area contributed by atoms with Crippen LogP contribution >= 0.6 is 0 Å². The van der Waals surface area contributed by atoms with Gasteiger partial charge >= 0.3 is 0 Å². The summed E-state index contributed by atoms with van der Waals surface area (Å²) >= 11 is 0. The fourth-order valence-corrected chi connectivity index (χ4v) is 3.03. The van der Waals surface area contributed by atoms with E-state index in [0.29, 0.717) is 17.8 Å². The Hall–Kier alpha value is -3.08. The van der Waals surface area contributed by atoms with Gasteiger partial charge in [0.15, 0.2) is 0 Å². The number of nitrogens with zero attached hydrogens (tertiary/aromatic N) is 3. The molecule has 25 heavy (non-hydrogen) atoms. The van der Waals surface area contributed by atoms with Gasteiger partial charge in [-0.2, -0.15) is 4.98 Å². The topological polar surface area (TPSA) is 53.1 Å². The first-order chi connectivity index (χ1) is 12.2. The van der Waals surface area contributed by atoms with Gasteiger partial charge < -0.3 is 13.8 Å². The molecule has 0 bridgehead atoms. The Bertz CT molecular complexity index is 1030. The average Bonchev–Trinajstić information content (AvgIpc) is 3.28. The molecule has 0 spiro atoms. The number of rotatable bonds is 4. The van der Waals surface area contributed by atoms with Crippen molar-refractivity contribution in [2.45, 2.75) is 19.9 Å². The minimum Gasteiger partial charge on any atom is -0.496 e. The Labute approximate surface area is 145 Å². The fraction of sp³-hybridized carbons (Fsp3) is 0.200. The predicted molar refractivity (Wildman–Crippen MR) is 97.6 cm³/mol. The van der Waals surface area contributed by atoms with E-state index in [2.05, 4.69) is 53.0 Å². The van der Waals surface area contributed by atoms with Gasteiger partial charge in [0.25, 0.3) is 5.89 Å². The Kier molecular flexibility index (Phi) is 3.76. The molecule has 0 saturated carbocycles. The molecule has 5 heteroatoms. The van der Waals surface area contributed by atoms with E-state index in [1.54, 1.807) is 7.11 Å². The fourth-order valence-electron chi connectivity index (χ4n) is 3.03. The largest absolute Gasteiger partial charge is 0.496 e. The summed E-state index contributed by atoms with van der Waals surface area (Å²) in [5.74, 6) is 1.74. The van der Waals surface area contributed by atoms with Crippen LogP contribution in [-0.2, 0) is 0 Å². The highest BCUT2D eigenvalue weighted by Crippen LogP contribution is 2.30. The number of hydrogen-bond acceptors (Lipinski definition) is 4. The smallest absolute Gasteiger partial charge is 0.258 e. The lowest BCUT2D eigenvalue weighted by Gasteiger charge is -2.09. The third-order valence-electron chi connectivity index (χ3n) is 4.30. The molecule has 0 aliphatic rings. The molecular weight excluding hydrogens is 314 g/mol. The monoisotopic (exact) mass is 333 g/mol. The molecule has 2 aromatic carbocycles. The summed E-state index contributed by atoms with van der Waals surface area (Å²) in [6.45, 7) is 4.34. The molecule has 0 radical (unpaired) electrons. The highest BCUT2D eigenvalue weighted by atomic mass is 16.5. The lowest BCUT2D eigenvalue weighted by atomic mass is 10.1. The van der Waals surface area contributed by atoms with E-state index in [0.717, 1.165) is 22.3 Å². The number of fused-ring (bicyclic) bond motifs is 1. The first-order valence-electron chi connectivity index (χ1n) is 8.25. The van der Waals surface area contributed by atoms with Gasteiger partial charge in [-0.05, 0) is 50.2 Å². The van der Waals surface area contributed by atoms with Crippen molar-refractivity contribution in [3.05, 3.63) is 54.7 Å². The molecule has 126 valence electrons. The molecule has 0 aliphatic carbocycles. The van der Waals surface area contributed by atoms with Gasteiger partial charge in [-0.25, -0.2) is 0 Å². The zero-order valence-corrected chi connectivity index (χ0v) is 14.4. The molecule has 5 nitrogen and oxygen atoms in total. The average molecular weight is 333 g/mol. The Morgan fingerprint density at radius 2 is 1.92 bits per heavy atom. The normalized spacial score (nSPS) is 11.4. The van der Waals surface area contributed by atoms with Crippen LogP contribution in [0, 0.1) is 0 Å². The number of para-hydroxylation sites is 1. The molecule has 0 amide bonds. The molecule has 0 aliphatic heterocycles. The number of benzene rings is 2. The molecule has 0 N–H and O–H groups in total. The van der Waals surface area contributed by atoms with Crippen molar-refractivity contribution in [3.8, 4) is 28.6 Å². The maximum Gasteiger partial charge on any atom is 0.258 e. The minimum atomic E-state index is 0.420. The Balaban J connectivity index is 1.74. The van der Waals surface area contributed by atoms with Gasteiger partial charge in [0.05, 0.1) is 12.7 Å². The molecule has 0 unspecified atom stereocenters. The van der Waals surface area contributed by atoms with Crippen LogP contribution in [0.5, 0.6) is 5.75 Å². The lowest BCUT2D eigenvalue weighted by molar-refractivity contribution is 0.413. The molecule has 0 atom stereocenters. The summed E-state index contributed by atoms with van der Waals surface area (Å²) in [7, 11) is 1.63. The lowest BCUT2D eigenvalue weighted by Crippen LogP contribution is -1.97. The van der Waals surface area contributed by atoms with E-state index in [1.165, 1.54) is 5.52 Å². The summed E-state index contributed by atoms with van der Waals surface area (Å²) < 4.78 is 13.1. The first-order valence-corrected chi connectivity index (χ1v) is 8.25. The van der Waals surface area contributed by atoms with Crippen molar-refractivity contribution in [2.24, 2.45) is 0 Å². The van der Waals surface area contributed by atoms with Crippen LogP contribution in [0.25, 0.3) is 33.7 Å². The molecule has 4 aromatic rings. The summed E-state index contributed by atoms with van der Waals surface area (Å²) in [5, 5.41) is 5.27. The number of ether oxygens (including phenoxy) is 1. The standard InChI is InChI=1S/C20H19N3O2/c1-13(2)23-11-10-14-12-15(8-9-17(14)23)20-21-19(22-25-20)16-6-4-5-7-18(16)24-3/h4-13H,1-3H3. The van der Waals surface area contributed by atoms with Crippen LogP contribution in [0.15, 0.2) is 59.3 Å². The van der Waals surface area contributed by atoms with Crippen LogP contribution < -0.4 is 4.74 Å². The molecule has 2 aromatic heterocycles. The SMILES string of the molecule is COc1ccccc1-c1noc(-c2ccc3c(ccn3C(C)C)c2)n1. The summed E-state index contributed by atoms with van der Waals surface area (Å²) in [4.78, 5) is 4.54. The second-order valence-corrected chi connectivity index (χ2v) is 6.21. The molecule has 0 saturated heterocycles. The van der Waals surface area contributed by atoms with Crippen molar-refractivity contribution in [2.75, 3.05) is 7.11 Å². The zero-order chi connectivity index (χ0) is 17.4. The maximum absolute atomic E-state index is 5.48. The predicted octanol–water partition coefficient (Wildman–Crippen LogP) is 4.95. The van der Waals surface area contributed by atoms with Gasteiger partial charge in [-0.3, -0.25) is 0 Å². The Morgan fingerprint density at radius 1 is 1.08 bits per heavy atom. The van der Waals surface area contributed by atoms with Crippen molar-refractivity contribution in [1.82, 2.24) is 14.7 Å². The van der Waals surface area contributed by atoms with Gasteiger partial charge in [0, 0.05) is 28.7 Å².